The molecule has 12 heteroatoms. The highest BCUT2D eigenvalue weighted by molar-refractivity contribution is 7.14. The molecule has 3 aromatic heterocycles. The lowest BCUT2D eigenvalue weighted by molar-refractivity contribution is -0.137. The fraction of sp³-hybridized carbons (Fsp3) is 0.174. The second-order valence-electron chi connectivity index (χ2n) is 7.87. The minimum atomic E-state index is -4.52. The number of halogens is 3. The first-order valence-corrected chi connectivity index (χ1v) is 11.4. The first-order chi connectivity index (χ1) is 16.7. The second kappa shape index (κ2) is 8.62. The topological polar surface area (TPSA) is 102 Å². The van der Waals surface area contributed by atoms with Crippen molar-refractivity contribution in [2.24, 2.45) is 0 Å². The maximum absolute atomic E-state index is 13.0. The van der Waals surface area contributed by atoms with Gasteiger partial charge in [-0.1, -0.05) is 6.07 Å². The van der Waals surface area contributed by atoms with Crippen molar-refractivity contribution < 1.29 is 22.8 Å². The fourth-order valence-electron chi connectivity index (χ4n) is 3.74. The Morgan fingerprint density at radius 2 is 2.03 bits per heavy atom. The predicted octanol–water partition coefficient (Wildman–Crippen LogP) is 4.86. The van der Waals surface area contributed by atoms with E-state index in [1.165, 1.54) is 22.2 Å². The fourth-order valence-corrected chi connectivity index (χ4v) is 4.46. The average molecular weight is 498 g/mol. The number of pyridine rings is 1. The van der Waals surface area contributed by atoms with Crippen LogP contribution in [0.1, 0.15) is 33.6 Å². The summed E-state index contributed by atoms with van der Waals surface area (Å²) >= 11 is 1.24. The zero-order valence-electron chi connectivity index (χ0n) is 18.2. The van der Waals surface area contributed by atoms with Crippen molar-refractivity contribution in [2.75, 3.05) is 10.6 Å². The van der Waals surface area contributed by atoms with Gasteiger partial charge in [0.05, 0.1) is 28.7 Å². The molecular formula is C23H17F3N6O2S. The Balaban J connectivity index is 1.34. The monoisotopic (exact) mass is 498 g/mol. The number of benzene rings is 1. The van der Waals surface area contributed by atoms with Crippen LogP contribution in [-0.4, -0.2) is 31.6 Å². The molecule has 8 nitrogen and oxygen atoms in total. The predicted molar refractivity (Wildman–Crippen MR) is 124 cm³/mol. The number of nitrogens with zero attached hydrogens (tertiary/aromatic N) is 4. The molecule has 0 bridgehead atoms. The van der Waals surface area contributed by atoms with Gasteiger partial charge >= 0.3 is 6.18 Å². The quantitative estimate of drug-likeness (QED) is 0.419. The standard InChI is InChI=1S/C23H17F3N6O2S/c1-12-16(10-28-32(12)19-9-15(6-7-27-19)23(24,25)26)21(34)31-22-30-18(11-35-22)14-2-4-17-13(8-14)3-5-20(33)29-17/h2,4,6-11H,3,5H2,1H3,(H,29,33)(H,30,31,34). The molecule has 4 heterocycles. The van der Waals surface area contributed by atoms with Gasteiger partial charge in [0.2, 0.25) is 5.91 Å². The Hall–Kier alpha value is -4.06. The summed E-state index contributed by atoms with van der Waals surface area (Å²) in [6, 6.07) is 7.39. The summed E-state index contributed by atoms with van der Waals surface area (Å²) in [6.45, 7) is 1.57. The van der Waals surface area contributed by atoms with E-state index < -0.39 is 17.6 Å². The third kappa shape index (κ3) is 4.52. The Bertz CT molecular complexity index is 1460. The molecule has 0 saturated carbocycles. The number of alkyl halides is 3. The lowest BCUT2D eigenvalue weighted by atomic mass is 9.99. The van der Waals surface area contributed by atoms with Crippen LogP contribution in [0.4, 0.5) is 24.0 Å². The number of carbonyl (C=O) groups excluding carboxylic acids is 2. The van der Waals surface area contributed by atoms with Gasteiger partial charge in [-0.25, -0.2) is 14.6 Å². The lowest BCUT2D eigenvalue weighted by Crippen LogP contribution is -2.18. The molecule has 0 aliphatic carbocycles. The molecule has 1 aliphatic rings. The van der Waals surface area contributed by atoms with Crippen LogP contribution in [0.2, 0.25) is 0 Å². The molecule has 1 aliphatic heterocycles. The van der Waals surface area contributed by atoms with Crippen molar-refractivity contribution in [1.29, 1.82) is 0 Å². The van der Waals surface area contributed by atoms with E-state index >= 15 is 0 Å². The Morgan fingerprint density at radius 1 is 1.20 bits per heavy atom. The minimum absolute atomic E-state index is 0.00800. The zero-order valence-corrected chi connectivity index (χ0v) is 19.0. The summed E-state index contributed by atoms with van der Waals surface area (Å²) in [5, 5.41) is 11.8. The Morgan fingerprint density at radius 3 is 2.83 bits per heavy atom. The van der Waals surface area contributed by atoms with E-state index in [0.29, 0.717) is 29.4 Å². The molecule has 1 aromatic carbocycles. The van der Waals surface area contributed by atoms with Crippen LogP contribution in [0.25, 0.3) is 17.1 Å². The number of hydrogen-bond donors (Lipinski definition) is 2. The molecule has 2 amide bonds. The van der Waals surface area contributed by atoms with Crippen LogP contribution in [-0.2, 0) is 17.4 Å². The summed E-state index contributed by atoms with van der Waals surface area (Å²) in [6.07, 6.45) is -1.12. The molecule has 4 aromatic rings. The molecule has 35 heavy (non-hydrogen) atoms. The molecule has 0 radical (unpaired) electrons. The van der Waals surface area contributed by atoms with Gasteiger partial charge in [0.25, 0.3) is 5.91 Å². The maximum atomic E-state index is 13.0. The summed E-state index contributed by atoms with van der Waals surface area (Å²) < 4.78 is 40.3. The number of aromatic nitrogens is 4. The van der Waals surface area contributed by atoms with Crippen molar-refractivity contribution >= 4 is 34.0 Å². The van der Waals surface area contributed by atoms with E-state index in [-0.39, 0.29) is 17.3 Å². The van der Waals surface area contributed by atoms with E-state index in [1.807, 2.05) is 23.6 Å². The molecule has 5 rings (SSSR count). The van der Waals surface area contributed by atoms with Crippen LogP contribution in [0.5, 0.6) is 0 Å². The second-order valence-corrected chi connectivity index (χ2v) is 8.73. The minimum Gasteiger partial charge on any atom is -0.326 e. The molecule has 178 valence electrons. The number of nitrogens with one attached hydrogen (secondary N) is 2. The van der Waals surface area contributed by atoms with Crippen LogP contribution in [0.3, 0.4) is 0 Å². The summed E-state index contributed by atoms with van der Waals surface area (Å²) in [7, 11) is 0. The largest absolute Gasteiger partial charge is 0.416 e. The van der Waals surface area contributed by atoms with Crippen molar-refractivity contribution in [2.45, 2.75) is 25.9 Å². The number of anilines is 2. The SMILES string of the molecule is Cc1c(C(=O)Nc2nc(-c3ccc4c(c3)CCC(=O)N4)cs2)cnn1-c1cc(C(F)(F)F)ccn1. The van der Waals surface area contributed by atoms with Crippen LogP contribution in [0, 0.1) is 6.92 Å². The highest BCUT2D eigenvalue weighted by Crippen LogP contribution is 2.32. The van der Waals surface area contributed by atoms with Gasteiger partial charge in [-0.05, 0) is 43.2 Å². The smallest absolute Gasteiger partial charge is 0.326 e. The third-order valence-electron chi connectivity index (χ3n) is 5.57. The Labute approximate surface area is 200 Å². The molecule has 0 fully saturated rings. The molecule has 0 saturated heterocycles. The summed E-state index contributed by atoms with van der Waals surface area (Å²) in [4.78, 5) is 32.8. The van der Waals surface area contributed by atoms with Crippen LogP contribution >= 0.6 is 11.3 Å². The van der Waals surface area contributed by atoms with E-state index in [0.717, 1.165) is 35.1 Å². The first kappa shape index (κ1) is 22.7. The number of hydrogen-bond acceptors (Lipinski definition) is 6. The van der Waals surface area contributed by atoms with Crippen molar-refractivity contribution in [3.8, 4) is 17.1 Å². The van der Waals surface area contributed by atoms with Gasteiger partial charge in [-0.2, -0.15) is 18.3 Å². The summed E-state index contributed by atoms with van der Waals surface area (Å²) in [5.41, 5.74) is 3.00. The van der Waals surface area contributed by atoms with Gasteiger partial charge in [-0.3, -0.25) is 14.9 Å². The van der Waals surface area contributed by atoms with E-state index in [9.17, 15) is 22.8 Å². The third-order valence-corrected chi connectivity index (χ3v) is 6.32. The van der Waals surface area contributed by atoms with Gasteiger partial charge in [0, 0.05) is 29.2 Å². The molecule has 0 unspecified atom stereocenters. The van der Waals surface area contributed by atoms with Crippen molar-refractivity contribution in [3.05, 3.63) is 70.5 Å². The number of aryl methyl sites for hydroxylation is 1. The van der Waals surface area contributed by atoms with Gasteiger partial charge in [-0.15, -0.1) is 11.3 Å². The molecular weight excluding hydrogens is 481 g/mol. The number of fused-ring (bicyclic) bond motifs is 1. The lowest BCUT2D eigenvalue weighted by Gasteiger charge is -2.17. The van der Waals surface area contributed by atoms with Crippen molar-refractivity contribution in [1.82, 2.24) is 19.7 Å². The van der Waals surface area contributed by atoms with Gasteiger partial charge in [0.15, 0.2) is 10.9 Å². The van der Waals surface area contributed by atoms with E-state index in [4.69, 9.17) is 0 Å². The summed E-state index contributed by atoms with van der Waals surface area (Å²) in [5.74, 6) is -0.544. The van der Waals surface area contributed by atoms with E-state index in [2.05, 4.69) is 25.7 Å². The van der Waals surface area contributed by atoms with Crippen LogP contribution in [0.15, 0.2) is 48.1 Å². The van der Waals surface area contributed by atoms with Gasteiger partial charge < -0.3 is 5.32 Å². The van der Waals surface area contributed by atoms with Crippen molar-refractivity contribution in [3.63, 3.8) is 0 Å². The highest BCUT2D eigenvalue weighted by Gasteiger charge is 2.31. The van der Waals surface area contributed by atoms with Gasteiger partial charge in [0.1, 0.15) is 0 Å². The average Bonchev–Trinajstić information content (AvgIpc) is 3.45. The number of carbonyl (C=O) groups is 2. The number of rotatable bonds is 4. The molecule has 0 atom stereocenters. The number of amides is 2. The molecule has 0 spiro atoms. The zero-order chi connectivity index (χ0) is 24.7. The van der Waals surface area contributed by atoms with E-state index in [1.54, 1.807) is 6.92 Å². The van der Waals surface area contributed by atoms with Crippen LogP contribution < -0.4 is 10.6 Å². The normalized spacial score (nSPS) is 13.3. The Kier molecular flexibility index (Phi) is 5.59. The highest BCUT2D eigenvalue weighted by atomic mass is 32.1. The number of thiazole rings is 1. The maximum Gasteiger partial charge on any atom is 0.416 e. The molecule has 2 N–H and O–H groups in total. The first-order valence-electron chi connectivity index (χ1n) is 10.5.